The minimum absolute atomic E-state index is 0.0556. The van der Waals surface area contributed by atoms with Crippen LogP contribution in [0, 0.1) is 11.8 Å². The van der Waals surface area contributed by atoms with Gasteiger partial charge in [0.05, 0.1) is 25.4 Å². The lowest BCUT2D eigenvalue weighted by Crippen LogP contribution is -2.33. The molecule has 3 rings (SSSR count). The van der Waals surface area contributed by atoms with E-state index in [1.54, 1.807) is 0 Å². The maximum absolute atomic E-state index is 10.8. The van der Waals surface area contributed by atoms with Crippen molar-refractivity contribution in [3.05, 3.63) is 48.0 Å². The number of hydrogen-bond acceptors (Lipinski definition) is 5. The van der Waals surface area contributed by atoms with Crippen molar-refractivity contribution in [2.24, 2.45) is 11.8 Å². The van der Waals surface area contributed by atoms with Crippen molar-refractivity contribution in [3.8, 4) is 0 Å². The van der Waals surface area contributed by atoms with Crippen LogP contribution in [0.15, 0.2) is 42.5 Å². The number of aliphatic carboxylic acids is 1. The molecule has 0 bridgehead atoms. The van der Waals surface area contributed by atoms with Crippen LogP contribution in [-0.4, -0.2) is 47.9 Å². The Morgan fingerprint density at radius 1 is 1.16 bits per heavy atom. The van der Waals surface area contributed by atoms with Gasteiger partial charge in [-0.25, -0.2) is 0 Å². The summed E-state index contributed by atoms with van der Waals surface area (Å²) in [6.07, 6.45) is 9.35. The number of hydrogen-bond donors (Lipinski definition) is 2. The molecule has 0 radical (unpaired) electrons. The lowest BCUT2D eigenvalue weighted by molar-refractivity contribution is -0.199. The van der Waals surface area contributed by atoms with Gasteiger partial charge < -0.3 is 24.4 Å². The lowest BCUT2D eigenvalue weighted by Gasteiger charge is -2.30. The van der Waals surface area contributed by atoms with E-state index in [0.29, 0.717) is 26.1 Å². The van der Waals surface area contributed by atoms with E-state index < -0.39 is 12.1 Å². The molecule has 0 spiro atoms. The van der Waals surface area contributed by atoms with E-state index in [1.807, 2.05) is 36.4 Å². The summed E-state index contributed by atoms with van der Waals surface area (Å²) in [6, 6.07) is 10.1. The third kappa shape index (κ3) is 8.04. The molecule has 1 saturated heterocycles. The van der Waals surface area contributed by atoms with E-state index in [9.17, 15) is 9.90 Å². The SMILES string of the molecule is O=C(O)CCC/C=C\C[C@H]1[C@H](COCc2ccccc2)[C@H](OC2CCCCO2)C[C@H]1O. The van der Waals surface area contributed by atoms with Crippen LogP contribution in [-0.2, 0) is 25.6 Å². The van der Waals surface area contributed by atoms with Crippen molar-refractivity contribution in [1.82, 2.24) is 0 Å². The molecule has 172 valence electrons. The molecular weight excluding hydrogens is 396 g/mol. The fourth-order valence-corrected chi connectivity index (χ4v) is 4.51. The molecule has 6 heteroatoms. The van der Waals surface area contributed by atoms with Crippen molar-refractivity contribution in [2.75, 3.05) is 13.2 Å². The quantitative estimate of drug-likeness (QED) is 0.378. The third-order valence-corrected chi connectivity index (χ3v) is 6.22. The summed E-state index contributed by atoms with van der Waals surface area (Å²) in [5.41, 5.74) is 1.13. The van der Waals surface area contributed by atoms with Crippen LogP contribution in [0.25, 0.3) is 0 Å². The monoisotopic (exact) mass is 432 g/mol. The summed E-state index contributed by atoms with van der Waals surface area (Å²) in [5.74, 6) is -0.617. The van der Waals surface area contributed by atoms with E-state index in [1.165, 1.54) is 0 Å². The number of carboxylic acid groups (broad SMARTS) is 1. The number of carbonyl (C=O) groups is 1. The second kappa shape index (κ2) is 13.0. The van der Waals surface area contributed by atoms with Crippen LogP contribution in [0.4, 0.5) is 0 Å². The van der Waals surface area contributed by atoms with Gasteiger partial charge in [0.25, 0.3) is 0 Å². The predicted molar refractivity (Wildman–Crippen MR) is 117 cm³/mol. The van der Waals surface area contributed by atoms with Crippen LogP contribution >= 0.6 is 0 Å². The Morgan fingerprint density at radius 2 is 2.00 bits per heavy atom. The number of rotatable bonds is 12. The van der Waals surface area contributed by atoms with Gasteiger partial charge in [-0.3, -0.25) is 4.79 Å². The smallest absolute Gasteiger partial charge is 0.303 e. The Labute approximate surface area is 185 Å². The van der Waals surface area contributed by atoms with Gasteiger partial charge in [0.15, 0.2) is 6.29 Å². The minimum Gasteiger partial charge on any atom is -0.481 e. The molecule has 6 nitrogen and oxygen atoms in total. The largest absolute Gasteiger partial charge is 0.481 e. The number of carboxylic acids is 1. The maximum atomic E-state index is 10.8. The average molecular weight is 433 g/mol. The van der Waals surface area contributed by atoms with Crippen LogP contribution in [0.3, 0.4) is 0 Å². The summed E-state index contributed by atoms with van der Waals surface area (Å²) in [7, 11) is 0. The summed E-state index contributed by atoms with van der Waals surface area (Å²) in [4.78, 5) is 10.6. The predicted octanol–water partition coefficient (Wildman–Crippen LogP) is 4.31. The summed E-state index contributed by atoms with van der Waals surface area (Å²) < 4.78 is 18.1. The van der Waals surface area contributed by atoms with Crippen LogP contribution in [0.5, 0.6) is 0 Å². The van der Waals surface area contributed by atoms with E-state index in [4.69, 9.17) is 19.3 Å². The molecule has 1 unspecified atom stereocenters. The number of ether oxygens (including phenoxy) is 3. The van der Waals surface area contributed by atoms with Gasteiger partial charge in [0.2, 0.25) is 0 Å². The van der Waals surface area contributed by atoms with Crippen molar-refractivity contribution in [2.45, 2.75) is 76.5 Å². The third-order valence-electron chi connectivity index (χ3n) is 6.22. The van der Waals surface area contributed by atoms with E-state index >= 15 is 0 Å². The van der Waals surface area contributed by atoms with E-state index in [2.05, 4.69) is 6.08 Å². The number of aliphatic hydroxyl groups is 1. The van der Waals surface area contributed by atoms with Crippen molar-refractivity contribution >= 4 is 5.97 Å². The number of allylic oxidation sites excluding steroid dienone is 2. The summed E-state index contributed by atoms with van der Waals surface area (Å²) in [5, 5.41) is 19.5. The Hall–Kier alpha value is -1.73. The second-order valence-electron chi connectivity index (χ2n) is 8.60. The first-order valence-electron chi connectivity index (χ1n) is 11.6. The lowest BCUT2D eigenvalue weighted by atomic mass is 9.91. The molecule has 0 aromatic heterocycles. The first kappa shape index (κ1) is 23.9. The van der Waals surface area contributed by atoms with Gasteiger partial charge in [0.1, 0.15) is 0 Å². The molecule has 2 N–H and O–H groups in total. The Bertz CT molecular complexity index is 670. The van der Waals surface area contributed by atoms with Crippen LogP contribution in [0.2, 0.25) is 0 Å². The number of benzene rings is 1. The zero-order chi connectivity index (χ0) is 21.9. The summed E-state index contributed by atoms with van der Waals surface area (Å²) in [6.45, 7) is 1.80. The summed E-state index contributed by atoms with van der Waals surface area (Å²) >= 11 is 0. The normalized spacial score (nSPS) is 28.9. The average Bonchev–Trinajstić information content (AvgIpc) is 3.06. The van der Waals surface area contributed by atoms with Gasteiger partial charge in [-0.15, -0.1) is 0 Å². The molecule has 1 aliphatic heterocycles. The molecule has 2 fully saturated rings. The fraction of sp³-hybridized carbons (Fsp3) is 0.640. The first-order chi connectivity index (χ1) is 15.1. The fourth-order valence-electron chi connectivity index (χ4n) is 4.51. The zero-order valence-electron chi connectivity index (χ0n) is 18.2. The topological polar surface area (TPSA) is 85.2 Å². The first-order valence-corrected chi connectivity index (χ1v) is 11.6. The van der Waals surface area contributed by atoms with Gasteiger partial charge in [-0.05, 0) is 50.0 Å². The van der Waals surface area contributed by atoms with Gasteiger partial charge in [0, 0.05) is 25.4 Å². The number of aliphatic hydroxyl groups excluding tert-OH is 1. The molecular formula is C25H36O6. The van der Waals surface area contributed by atoms with Crippen LogP contribution < -0.4 is 0 Å². The van der Waals surface area contributed by atoms with Crippen molar-refractivity contribution < 1.29 is 29.2 Å². The molecule has 0 amide bonds. The van der Waals surface area contributed by atoms with E-state index in [0.717, 1.165) is 44.3 Å². The molecule has 2 aliphatic rings. The molecule has 31 heavy (non-hydrogen) atoms. The molecule has 5 atom stereocenters. The highest BCUT2D eigenvalue weighted by Gasteiger charge is 2.43. The molecule has 1 aliphatic carbocycles. The Morgan fingerprint density at radius 3 is 2.74 bits per heavy atom. The standard InChI is InChI=1S/C25H36O6/c26-22-16-23(31-25-14-8-9-15-30-25)21(18-29-17-19-10-4-3-5-11-19)20(22)12-6-1-2-7-13-24(27)28/h1,3-6,10-11,20-23,25-26H,2,7-9,12-18H2,(H,27,28)/b6-1-/t20-,21-,22+,23+,25?/m0/s1. The highest BCUT2D eigenvalue weighted by Crippen LogP contribution is 2.39. The van der Waals surface area contributed by atoms with Crippen molar-refractivity contribution in [1.29, 1.82) is 0 Å². The Balaban J connectivity index is 1.55. The van der Waals surface area contributed by atoms with Crippen molar-refractivity contribution in [3.63, 3.8) is 0 Å². The van der Waals surface area contributed by atoms with E-state index in [-0.39, 0.29) is 30.7 Å². The minimum atomic E-state index is -0.764. The molecule has 1 aromatic carbocycles. The second-order valence-corrected chi connectivity index (χ2v) is 8.60. The molecule has 1 saturated carbocycles. The van der Waals surface area contributed by atoms with Gasteiger partial charge >= 0.3 is 5.97 Å². The highest BCUT2D eigenvalue weighted by molar-refractivity contribution is 5.66. The molecule has 1 heterocycles. The Kier molecular flexibility index (Phi) is 10.0. The maximum Gasteiger partial charge on any atom is 0.303 e. The van der Waals surface area contributed by atoms with Gasteiger partial charge in [-0.1, -0.05) is 42.5 Å². The number of unbranched alkanes of at least 4 members (excludes halogenated alkanes) is 1. The molecule has 1 aromatic rings. The highest BCUT2D eigenvalue weighted by atomic mass is 16.7. The van der Waals surface area contributed by atoms with Crippen LogP contribution in [0.1, 0.15) is 56.9 Å². The van der Waals surface area contributed by atoms with Gasteiger partial charge in [-0.2, -0.15) is 0 Å². The zero-order valence-corrected chi connectivity index (χ0v) is 18.2.